The van der Waals surface area contributed by atoms with E-state index >= 15 is 0 Å². The molecule has 0 fully saturated rings. The molecular formula is C18H22N2O5. The Labute approximate surface area is 146 Å². The van der Waals surface area contributed by atoms with Crippen molar-refractivity contribution in [1.29, 1.82) is 0 Å². The number of carbonyl (C=O) groups excluding carboxylic acids is 1. The number of amides is 2. The molecule has 0 unspecified atom stereocenters. The summed E-state index contributed by atoms with van der Waals surface area (Å²) in [6.45, 7) is 1.89. The van der Waals surface area contributed by atoms with Gasteiger partial charge in [-0.15, -0.1) is 0 Å². The monoisotopic (exact) mass is 346 g/mol. The van der Waals surface area contributed by atoms with Crippen LogP contribution in [0.3, 0.4) is 0 Å². The zero-order chi connectivity index (χ0) is 18.4. The van der Waals surface area contributed by atoms with Crippen molar-refractivity contribution in [2.45, 2.75) is 6.92 Å². The molecule has 2 rings (SSSR count). The summed E-state index contributed by atoms with van der Waals surface area (Å²) in [6, 6.07) is 8.33. The Bertz CT molecular complexity index is 736. The summed E-state index contributed by atoms with van der Waals surface area (Å²) in [4.78, 5) is 12.3. The molecule has 0 aliphatic heterocycles. The van der Waals surface area contributed by atoms with E-state index in [1.54, 1.807) is 31.4 Å². The van der Waals surface area contributed by atoms with Crippen LogP contribution in [0.5, 0.6) is 23.0 Å². The van der Waals surface area contributed by atoms with Gasteiger partial charge in [-0.3, -0.25) is 0 Å². The normalized spacial score (nSPS) is 9.96. The van der Waals surface area contributed by atoms with Crippen molar-refractivity contribution in [2.24, 2.45) is 0 Å². The zero-order valence-corrected chi connectivity index (χ0v) is 14.9. The van der Waals surface area contributed by atoms with Crippen LogP contribution >= 0.6 is 0 Å². The first-order chi connectivity index (χ1) is 12.0. The second kappa shape index (κ2) is 8.14. The van der Waals surface area contributed by atoms with Crippen molar-refractivity contribution in [3.63, 3.8) is 0 Å². The van der Waals surface area contributed by atoms with Crippen molar-refractivity contribution in [2.75, 3.05) is 39.1 Å². The summed E-state index contributed by atoms with van der Waals surface area (Å²) in [7, 11) is 6.15. The van der Waals surface area contributed by atoms with Crippen LogP contribution in [0, 0.1) is 6.92 Å². The van der Waals surface area contributed by atoms with Crippen LogP contribution in [0.15, 0.2) is 30.3 Å². The fraction of sp³-hybridized carbons (Fsp3) is 0.278. The van der Waals surface area contributed by atoms with E-state index in [-0.39, 0.29) is 6.03 Å². The molecule has 0 atom stereocenters. The minimum Gasteiger partial charge on any atom is -0.497 e. The van der Waals surface area contributed by atoms with E-state index in [1.807, 2.05) is 13.0 Å². The molecule has 134 valence electrons. The summed E-state index contributed by atoms with van der Waals surface area (Å²) in [6.07, 6.45) is 0. The fourth-order valence-corrected chi connectivity index (χ4v) is 2.34. The van der Waals surface area contributed by atoms with Gasteiger partial charge >= 0.3 is 6.03 Å². The number of carbonyl (C=O) groups is 1. The van der Waals surface area contributed by atoms with Gasteiger partial charge in [-0.25, -0.2) is 4.79 Å². The van der Waals surface area contributed by atoms with Gasteiger partial charge in [0.05, 0.1) is 34.1 Å². The third-order valence-corrected chi connectivity index (χ3v) is 3.60. The number of urea groups is 1. The Balaban J connectivity index is 2.17. The lowest BCUT2D eigenvalue weighted by molar-refractivity contribution is 0.262. The van der Waals surface area contributed by atoms with Crippen molar-refractivity contribution in [3.05, 3.63) is 35.9 Å². The molecule has 0 aliphatic carbocycles. The number of aryl methyl sites for hydroxylation is 1. The highest BCUT2D eigenvalue weighted by atomic mass is 16.5. The molecule has 0 heterocycles. The molecule has 0 radical (unpaired) electrons. The van der Waals surface area contributed by atoms with Crippen LogP contribution in [0.25, 0.3) is 0 Å². The average Bonchev–Trinajstić information content (AvgIpc) is 2.62. The molecule has 2 aromatic rings. The molecule has 0 saturated carbocycles. The van der Waals surface area contributed by atoms with Gasteiger partial charge in [-0.1, -0.05) is 0 Å². The summed E-state index contributed by atoms with van der Waals surface area (Å²) < 4.78 is 21.0. The van der Waals surface area contributed by atoms with E-state index < -0.39 is 0 Å². The van der Waals surface area contributed by atoms with Gasteiger partial charge in [0.1, 0.15) is 5.75 Å². The molecule has 0 bridgehead atoms. The molecule has 0 aliphatic rings. The predicted molar refractivity (Wildman–Crippen MR) is 96.5 cm³/mol. The van der Waals surface area contributed by atoms with E-state index in [2.05, 4.69) is 10.6 Å². The second-order valence-electron chi connectivity index (χ2n) is 5.17. The zero-order valence-electron chi connectivity index (χ0n) is 14.9. The third kappa shape index (κ3) is 4.26. The molecule has 0 saturated heterocycles. The van der Waals surface area contributed by atoms with Crippen molar-refractivity contribution < 1.29 is 23.7 Å². The minimum absolute atomic E-state index is 0.387. The van der Waals surface area contributed by atoms with Gasteiger partial charge in [0.2, 0.25) is 5.75 Å². The Morgan fingerprint density at radius 3 is 1.96 bits per heavy atom. The maximum Gasteiger partial charge on any atom is 0.323 e. The van der Waals surface area contributed by atoms with Gasteiger partial charge in [-0.05, 0) is 30.7 Å². The molecule has 7 heteroatoms. The Kier molecular flexibility index (Phi) is 5.94. The smallest absolute Gasteiger partial charge is 0.323 e. The van der Waals surface area contributed by atoms with Crippen LogP contribution < -0.4 is 29.6 Å². The maximum absolute atomic E-state index is 12.3. The van der Waals surface area contributed by atoms with Gasteiger partial charge in [0.15, 0.2) is 11.5 Å². The third-order valence-electron chi connectivity index (χ3n) is 3.60. The first kappa shape index (κ1) is 18.3. The van der Waals surface area contributed by atoms with E-state index in [9.17, 15) is 4.79 Å². The molecule has 0 aromatic heterocycles. The molecular weight excluding hydrogens is 324 g/mol. The van der Waals surface area contributed by atoms with E-state index in [0.29, 0.717) is 28.6 Å². The van der Waals surface area contributed by atoms with Crippen molar-refractivity contribution in [3.8, 4) is 23.0 Å². The summed E-state index contributed by atoms with van der Waals surface area (Å²) in [5.41, 5.74) is 2.09. The number of benzene rings is 2. The minimum atomic E-state index is -0.387. The number of rotatable bonds is 6. The van der Waals surface area contributed by atoms with E-state index in [4.69, 9.17) is 18.9 Å². The van der Waals surface area contributed by atoms with Crippen LogP contribution in [-0.4, -0.2) is 34.5 Å². The van der Waals surface area contributed by atoms with Gasteiger partial charge < -0.3 is 29.6 Å². The van der Waals surface area contributed by atoms with Crippen LogP contribution in [0.2, 0.25) is 0 Å². The van der Waals surface area contributed by atoms with Gasteiger partial charge in [0, 0.05) is 17.8 Å². The Hall–Kier alpha value is -3.09. The lowest BCUT2D eigenvalue weighted by Gasteiger charge is -2.15. The number of nitrogens with one attached hydrogen (secondary N) is 2. The first-order valence-corrected chi connectivity index (χ1v) is 7.55. The Morgan fingerprint density at radius 2 is 1.48 bits per heavy atom. The molecule has 0 spiro atoms. The highest BCUT2D eigenvalue weighted by Gasteiger charge is 2.14. The van der Waals surface area contributed by atoms with Crippen LogP contribution in [0.4, 0.5) is 16.2 Å². The molecule has 2 aromatic carbocycles. The number of ether oxygens (including phenoxy) is 4. The lowest BCUT2D eigenvalue weighted by atomic mass is 10.2. The first-order valence-electron chi connectivity index (χ1n) is 7.55. The average molecular weight is 346 g/mol. The molecule has 2 amide bonds. The number of hydrogen-bond acceptors (Lipinski definition) is 5. The number of hydrogen-bond donors (Lipinski definition) is 2. The molecule has 2 N–H and O–H groups in total. The lowest BCUT2D eigenvalue weighted by Crippen LogP contribution is -2.20. The highest BCUT2D eigenvalue weighted by molar-refractivity contribution is 6.00. The summed E-state index contributed by atoms with van der Waals surface area (Å²) >= 11 is 0. The molecule has 7 nitrogen and oxygen atoms in total. The summed E-state index contributed by atoms with van der Waals surface area (Å²) in [5, 5.41) is 5.55. The van der Waals surface area contributed by atoms with E-state index in [1.165, 1.54) is 21.3 Å². The largest absolute Gasteiger partial charge is 0.497 e. The Morgan fingerprint density at radius 1 is 0.840 bits per heavy atom. The predicted octanol–water partition coefficient (Wildman–Crippen LogP) is 3.67. The van der Waals surface area contributed by atoms with Crippen LogP contribution in [-0.2, 0) is 0 Å². The van der Waals surface area contributed by atoms with Gasteiger partial charge in [0.25, 0.3) is 0 Å². The maximum atomic E-state index is 12.3. The quantitative estimate of drug-likeness (QED) is 0.834. The van der Waals surface area contributed by atoms with Crippen molar-refractivity contribution >= 4 is 17.4 Å². The molecule has 25 heavy (non-hydrogen) atoms. The topological polar surface area (TPSA) is 78.1 Å². The SMILES string of the molecule is COc1ccc(NC(=O)Nc2cc(OC)c(OC)c(OC)c2)c(C)c1. The van der Waals surface area contributed by atoms with E-state index in [0.717, 1.165) is 11.3 Å². The van der Waals surface area contributed by atoms with Crippen LogP contribution in [0.1, 0.15) is 5.56 Å². The fourth-order valence-electron chi connectivity index (χ4n) is 2.34. The standard InChI is InChI=1S/C18H22N2O5/c1-11-8-13(22-2)6-7-14(11)20-18(21)19-12-9-15(23-3)17(25-5)16(10-12)24-4/h6-10H,1-5H3,(H2,19,20,21). The number of methoxy groups -OCH3 is 4. The van der Waals surface area contributed by atoms with Crippen molar-refractivity contribution in [1.82, 2.24) is 0 Å². The highest BCUT2D eigenvalue weighted by Crippen LogP contribution is 2.39. The second-order valence-corrected chi connectivity index (χ2v) is 5.17. The summed E-state index contributed by atoms with van der Waals surface area (Å²) in [5.74, 6) is 2.10. The van der Waals surface area contributed by atoms with Gasteiger partial charge in [-0.2, -0.15) is 0 Å². The number of anilines is 2.